The van der Waals surface area contributed by atoms with Gasteiger partial charge in [0.25, 0.3) is 0 Å². The first-order chi connectivity index (χ1) is 5.41. The van der Waals surface area contributed by atoms with Crippen LogP contribution in [0.5, 0.6) is 0 Å². The van der Waals surface area contributed by atoms with E-state index >= 15 is 0 Å². The first-order valence-electron chi connectivity index (χ1n) is 2.82. The molecule has 1 radical (unpaired) electrons. The van der Waals surface area contributed by atoms with Crippen molar-refractivity contribution in [1.29, 1.82) is 0 Å². The molecule has 3 nitrogen and oxygen atoms in total. The van der Waals surface area contributed by atoms with E-state index in [0.717, 1.165) is 12.1 Å². The van der Waals surface area contributed by atoms with Gasteiger partial charge in [-0.2, -0.15) is 8.42 Å². The first-order valence-corrected chi connectivity index (χ1v) is 4.98. The highest BCUT2D eigenvalue weighted by Crippen LogP contribution is 2.24. The lowest BCUT2D eigenvalue weighted by Gasteiger charge is -1.96. The lowest BCUT2D eigenvalue weighted by Crippen LogP contribution is -1.95. The molecule has 65 valence electrons. The second-order valence-electron chi connectivity index (χ2n) is 2.03. The lowest BCUT2D eigenvalue weighted by atomic mass is 10.4. The van der Waals surface area contributed by atoms with Crippen LogP contribution in [0, 0.1) is 0 Å². The smallest absolute Gasteiger partial charge is 0.192 e. The summed E-state index contributed by atoms with van der Waals surface area (Å²) in [6.07, 6.45) is 0. The van der Waals surface area contributed by atoms with Crippen LogP contribution in [0.3, 0.4) is 0 Å². The van der Waals surface area contributed by atoms with E-state index in [1.807, 2.05) is 0 Å². The summed E-state index contributed by atoms with van der Waals surface area (Å²) < 4.78 is 31.3. The minimum absolute atomic E-state index is 0.0496. The van der Waals surface area contributed by atoms with Crippen molar-refractivity contribution >= 4 is 33.3 Å². The van der Waals surface area contributed by atoms with Gasteiger partial charge in [0, 0.05) is 0 Å². The van der Waals surface area contributed by atoms with E-state index in [1.165, 1.54) is 6.07 Å². The molecule has 0 aliphatic heterocycles. The van der Waals surface area contributed by atoms with Gasteiger partial charge in [-0.05, 0) is 18.2 Å². The Hall–Kier alpha value is -0.290. The zero-order valence-electron chi connectivity index (χ0n) is 5.62. The van der Waals surface area contributed by atoms with Crippen LogP contribution in [-0.2, 0) is 14.7 Å². The van der Waals surface area contributed by atoms with Crippen molar-refractivity contribution < 1.29 is 13.0 Å². The molecular weight excluding hydrogens is 223 g/mol. The van der Waals surface area contributed by atoms with E-state index < -0.39 is 10.1 Å². The summed E-state index contributed by atoms with van der Waals surface area (Å²) in [5.41, 5.74) is 0. The van der Waals surface area contributed by atoms with E-state index in [-0.39, 0.29) is 14.9 Å². The van der Waals surface area contributed by atoms with Crippen LogP contribution in [0.4, 0.5) is 0 Å². The minimum Gasteiger partial charge on any atom is -0.192 e. The van der Waals surface area contributed by atoms with E-state index in [4.69, 9.17) is 23.2 Å². The average molecular weight is 226 g/mol. The minimum atomic E-state index is -4.44. The molecule has 0 bridgehead atoms. The second kappa shape index (κ2) is 3.22. The first kappa shape index (κ1) is 9.80. The van der Waals surface area contributed by atoms with Gasteiger partial charge >= 0.3 is 10.1 Å². The topological polar surface area (TPSA) is 54.0 Å². The number of rotatable bonds is 1. The van der Waals surface area contributed by atoms with Crippen molar-refractivity contribution in [2.45, 2.75) is 4.90 Å². The predicted octanol–water partition coefficient (Wildman–Crippen LogP) is 2.11. The third kappa shape index (κ3) is 2.10. The summed E-state index contributed by atoms with van der Waals surface area (Å²) >= 11 is 11.0. The van der Waals surface area contributed by atoms with Gasteiger partial charge in [-0.25, -0.2) is 0 Å². The van der Waals surface area contributed by atoms with Crippen molar-refractivity contribution in [3.05, 3.63) is 28.2 Å². The molecule has 0 atom stereocenters. The van der Waals surface area contributed by atoms with E-state index in [9.17, 15) is 13.0 Å². The fourth-order valence-electron chi connectivity index (χ4n) is 0.632. The van der Waals surface area contributed by atoms with Crippen LogP contribution >= 0.6 is 23.2 Å². The average Bonchev–Trinajstić information content (AvgIpc) is 1.92. The number of halogens is 2. The SMILES string of the molecule is [O]S(=O)(=O)c1ccc(Cl)c(Cl)c1. The summed E-state index contributed by atoms with van der Waals surface area (Å²) in [5, 5.41) is 0.262. The zero-order valence-corrected chi connectivity index (χ0v) is 7.95. The Balaban J connectivity index is 3.33. The maximum atomic E-state index is 10.4. The standard InChI is InChI=1S/C6H3Cl2O3S/c7-5-2-1-4(3-6(5)8)12(9,10)11/h1-3H. The van der Waals surface area contributed by atoms with E-state index in [1.54, 1.807) is 0 Å². The maximum Gasteiger partial charge on any atom is 0.324 e. The van der Waals surface area contributed by atoms with Crippen LogP contribution in [0.2, 0.25) is 10.0 Å². The third-order valence-corrected chi connectivity index (χ3v) is 2.75. The summed E-state index contributed by atoms with van der Waals surface area (Å²) in [6.45, 7) is 0. The van der Waals surface area contributed by atoms with Crippen LogP contribution < -0.4 is 0 Å². The molecular formula is C6H3Cl2O3S. The second-order valence-corrected chi connectivity index (χ2v) is 4.22. The molecule has 0 amide bonds. The Labute approximate surface area is 79.7 Å². The Morgan fingerprint density at radius 3 is 2.08 bits per heavy atom. The molecule has 1 aromatic carbocycles. The van der Waals surface area contributed by atoms with Gasteiger partial charge in [-0.15, -0.1) is 0 Å². The van der Waals surface area contributed by atoms with Crippen molar-refractivity contribution in [3.8, 4) is 0 Å². The molecule has 0 spiro atoms. The fraction of sp³-hybridized carbons (Fsp3) is 0. The summed E-state index contributed by atoms with van der Waals surface area (Å²) in [7, 11) is -4.44. The van der Waals surface area contributed by atoms with Crippen molar-refractivity contribution in [1.82, 2.24) is 0 Å². The highest BCUT2D eigenvalue weighted by atomic mass is 35.5. The van der Waals surface area contributed by atoms with Gasteiger partial charge < -0.3 is 0 Å². The Morgan fingerprint density at radius 2 is 1.67 bits per heavy atom. The Morgan fingerprint density at radius 1 is 1.08 bits per heavy atom. The summed E-state index contributed by atoms with van der Waals surface area (Å²) in [4.78, 5) is -0.378. The van der Waals surface area contributed by atoms with Gasteiger partial charge in [0.15, 0.2) is 0 Å². The molecule has 12 heavy (non-hydrogen) atoms. The van der Waals surface area contributed by atoms with E-state index in [0.29, 0.717) is 0 Å². The van der Waals surface area contributed by atoms with Gasteiger partial charge in [0.1, 0.15) is 0 Å². The van der Waals surface area contributed by atoms with Gasteiger partial charge in [-0.3, -0.25) is 0 Å². The van der Waals surface area contributed by atoms with Crippen LogP contribution in [0.15, 0.2) is 23.1 Å². The molecule has 1 rings (SSSR count). The molecule has 0 N–H and O–H groups in total. The summed E-state index contributed by atoms with van der Waals surface area (Å²) in [6, 6.07) is 3.39. The van der Waals surface area contributed by atoms with Gasteiger partial charge in [0.05, 0.1) is 14.9 Å². The zero-order chi connectivity index (χ0) is 9.35. The molecule has 0 unspecified atom stereocenters. The fourth-order valence-corrected chi connectivity index (χ4v) is 1.49. The number of benzene rings is 1. The largest absolute Gasteiger partial charge is 0.324 e. The van der Waals surface area contributed by atoms with Crippen LogP contribution in [0.1, 0.15) is 0 Å². The van der Waals surface area contributed by atoms with Crippen LogP contribution in [0.25, 0.3) is 0 Å². The molecule has 0 aliphatic rings. The van der Waals surface area contributed by atoms with Crippen LogP contribution in [-0.4, -0.2) is 8.42 Å². The molecule has 0 saturated carbocycles. The highest BCUT2D eigenvalue weighted by molar-refractivity contribution is 7.85. The molecule has 0 fully saturated rings. The Bertz CT molecular complexity index is 399. The normalized spacial score (nSPS) is 11.6. The highest BCUT2D eigenvalue weighted by Gasteiger charge is 2.12. The molecule has 6 heteroatoms. The van der Waals surface area contributed by atoms with E-state index in [2.05, 4.69) is 0 Å². The van der Waals surface area contributed by atoms with Crippen molar-refractivity contribution in [2.75, 3.05) is 0 Å². The molecule has 0 aliphatic carbocycles. The van der Waals surface area contributed by atoms with Crippen molar-refractivity contribution in [3.63, 3.8) is 0 Å². The number of hydrogen-bond donors (Lipinski definition) is 0. The predicted molar refractivity (Wildman–Crippen MR) is 44.3 cm³/mol. The molecule has 0 heterocycles. The number of hydrogen-bond acceptors (Lipinski definition) is 2. The maximum absolute atomic E-state index is 10.4. The Kier molecular flexibility index (Phi) is 2.63. The molecule has 1 aromatic rings. The van der Waals surface area contributed by atoms with Gasteiger partial charge in [0.2, 0.25) is 0 Å². The monoisotopic (exact) mass is 225 g/mol. The molecule has 0 saturated heterocycles. The molecule has 0 aromatic heterocycles. The van der Waals surface area contributed by atoms with Crippen molar-refractivity contribution in [2.24, 2.45) is 0 Å². The lowest BCUT2D eigenvalue weighted by molar-refractivity contribution is 0.414. The van der Waals surface area contributed by atoms with Gasteiger partial charge in [-0.1, -0.05) is 27.8 Å². The quantitative estimate of drug-likeness (QED) is 0.736. The summed E-state index contributed by atoms with van der Waals surface area (Å²) in [5.74, 6) is 0. The third-order valence-electron chi connectivity index (χ3n) is 1.18.